The van der Waals surface area contributed by atoms with Gasteiger partial charge in [-0.1, -0.05) is 43.3 Å². The maximum absolute atomic E-state index is 11.9. The van der Waals surface area contributed by atoms with Gasteiger partial charge in [-0.2, -0.15) is 5.26 Å². The van der Waals surface area contributed by atoms with E-state index < -0.39 is 5.97 Å². The van der Waals surface area contributed by atoms with Crippen molar-refractivity contribution >= 4 is 16.9 Å². The summed E-state index contributed by atoms with van der Waals surface area (Å²) in [7, 11) is 1.70. The summed E-state index contributed by atoms with van der Waals surface area (Å²) in [6.07, 6.45) is 2.50. The molecule has 0 aliphatic carbocycles. The van der Waals surface area contributed by atoms with Gasteiger partial charge in [0.2, 0.25) is 0 Å². The highest BCUT2D eigenvalue weighted by Crippen LogP contribution is 2.35. The van der Waals surface area contributed by atoms with Gasteiger partial charge in [-0.05, 0) is 35.2 Å². The summed E-state index contributed by atoms with van der Waals surface area (Å²) in [5.41, 5.74) is 5.74. The number of aromatic carboxylic acids is 1. The number of nitrogens with zero attached hydrogens (tertiary/aromatic N) is 2. The van der Waals surface area contributed by atoms with Gasteiger partial charge in [-0.25, -0.2) is 4.79 Å². The summed E-state index contributed by atoms with van der Waals surface area (Å²) in [5.74, 6) is -1.03. The van der Waals surface area contributed by atoms with Crippen LogP contribution in [0.4, 0.5) is 0 Å². The zero-order valence-corrected chi connectivity index (χ0v) is 15.7. The predicted molar refractivity (Wildman–Crippen MR) is 109 cm³/mol. The smallest absolute Gasteiger partial charge is 0.353 e. The third-order valence-electron chi connectivity index (χ3n) is 5.24. The molecule has 0 saturated carbocycles. The number of nitriles is 1. The Hall–Kier alpha value is -3.78. The number of benzene rings is 2. The standard InChI is InChI=1S/C23H19N3O2/c1-3-20-18(13-24)21(22(23(27)28)26(20)2)15-9-7-14(8-10-15)16-5-4-6-19-17(16)11-12-25-19/h4-12,25H,3H2,1-2H3,(H,27,28). The lowest BCUT2D eigenvalue weighted by molar-refractivity contribution is 0.0687. The molecule has 0 aliphatic heterocycles. The third kappa shape index (κ3) is 2.58. The molecule has 2 aromatic carbocycles. The molecule has 0 atom stereocenters. The minimum absolute atomic E-state index is 0.147. The van der Waals surface area contributed by atoms with Crippen molar-refractivity contribution in [1.82, 2.24) is 9.55 Å². The van der Waals surface area contributed by atoms with Crippen molar-refractivity contribution < 1.29 is 9.90 Å². The first-order valence-corrected chi connectivity index (χ1v) is 9.08. The Bertz CT molecular complexity index is 1240. The van der Waals surface area contributed by atoms with Crippen LogP contribution >= 0.6 is 0 Å². The first kappa shape index (κ1) is 17.6. The van der Waals surface area contributed by atoms with Gasteiger partial charge in [-0.3, -0.25) is 0 Å². The molecule has 0 unspecified atom stereocenters. The minimum Gasteiger partial charge on any atom is -0.477 e. The van der Waals surface area contributed by atoms with Gasteiger partial charge in [-0.15, -0.1) is 0 Å². The molecule has 0 aliphatic rings. The molecule has 5 nitrogen and oxygen atoms in total. The summed E-state index contributed by atoms with van der Waals surface area (Å²) in [6.45, 7) is 1.92. The van der Waals surface area contributed by atoms with Gasteiger partial charge in [0, 0.05) is 35.4 Å². The van der Waals surface area contributed by atoms with E-state index in [1.807, 2.05) is 55.6 Å². The zero-order chi connectivity index (χ0) is 19.8. The van der Waals surface area contributed by atoms with E-state index in [0.29, 0.717) is 17.5 Å². The molecule has 2 aromatic heterocycles. The molecule has 2 N–H and O–H groups in total. The van der Waals surface area contributed by atoms with E-state index in [1.54, 1.807) is 11.6 Å². The SMILES string of the molecule is CCc1c(C#N)c(-c2ccc(-c3cccc4[nH]ccc34)cc2)c(C(=O)O)n1C. The Kier molecular flexibility index (Phi) is 4.25. The van der Waals surface area contributed by atoms with Crippen molar-refractivity contribution in [2.45, 2.75) is 13.3 Å². The average molecular weight is 369 g/mol. The van der Waals surface area contributed by atoms with Gasteiger partial charge >= 0.3 is 5.97 Å². The lowest BCUT2D eigenvalue weighted by Crippen LogP contribution is -2.07. The number of aromatic nitrogens is 2. The molecule has 4 rings (SSSR count). The summed E-state index contributed by atoms with van der Waals surface area (Å²) >= 11 is 0. The van der Waals surface area contributed by atoms with Gasteiger partial charge in [0.05, 0.1) is 5.56 Å². The molecule has 0 spiro atoms. The lowest BCUT2D eigenvalue weighted by atomic mass is 9.96. The third-order valence-corrected chi connectivity index (χ3v) is 5.24. The first-order valence-electron chi connectivity index (χ1n) is 9.08. The summed E-state index contributed by atoms with van der Waals surface area (Å²) in [6, 6.07) is 18.1. The molecule has 0 radical (unpaired) electrons. The topological polar surface area (TPSA) is 81.8 Å². The quantitative estimate of drug-likeness (QED) is 0.533. The number of carbonyl (C=O) groups is 1. The van der Waals surface area contributed by atoms with Crippen LogP contribution in [0.25, 0.3) is 33.2 Å². The second-order valence-electron chi connectivity index (χ2n) is 6.70. The normalized spacial score (nSPS) is 10.9. The highest BCUT2D eigenvalue weighted by Gasteiger charge is 2.25. The maximum atomic E-state index is 11.9. The molecule has 0 bridgehead atoms. The second kappa shape index (κ2) is 6.75. The van der Waals surface area contributed by atoms with E-state index in [1.165, 1.54) is 0 Å². The number of hydrogen-bond donors (Lipinski definition) is 2. The van der Waals surface area contributed by atoms with Crippen molar-refractivity contribution in [3.05, 3.63) is 71.7 Å². The van der Waals surface area contributed by atoms with E-state index in [9.17, 15) is 15.2 Å². The van der Waals surface area contributed by atoms with Crippen LogP contribution in [0.2, 0.25) is 0 Å². The Balaban J connectivity index is 1.88. The summed E-state index contributed by atoms with van der Waals surface area (Å²) in [5, 5.41) is 20.5. The number of H-pyrrole nitrogens is 1. The Labute approximate surface area is 162 Å². The van der Waals surface area contributed by atoms with Crippen LogP contribution in [0.3, 0.4) is 0 Å². The van der Waals surface area contributed by atoms with E-state index in [2.05, 4.69) is 17.1 Å². The summed E-state index contributed by atoms with van der Waals surface area (Å²) in [4.78, 5) is 15.1. The van der Waals surface area contributed by atoms with Crippen LogP contribution in [0.1, 0.15) is 28.7 Å². The van der Waals surface area contributed by atoms with Crippen LogP contribution in [0.5, 0.6) is 0 Å². The van der Waals surface area contributed by atoms with Crippen molar-refractivity contribution in [1.29, 1.82) is 5.26 Å². The highest BCUT2D eigenvalue weighted by atomic mass is 16.4. The maximum Gasteiger partial charge on any atom is 0.353 e. The Morgan fingerprint density at radius 3 is 2.50 bits per heavy atom. The monoisotopic (exact) mass is 369 g/mol. The number of carboxylic acid groups (broad SMARTS) is 1. The Morgan fingerprint density at radius 2 is 1.86 bits per heavy atom. The predicted octanol–water partition coefficient (Wildman–Crippen LogP) is 4.97. The van der Waals surface area contributed by atoms with Crippen LogP contribution in [0, 0.1) is 11.3 Å². The number of hydrogen-bond acceptors (Lipinski definition) is 2. The van der Waals surface area contributed by atoms with Gasteiger partial charge in [0.1, 0.15) is 11.8 Å². The van der Waals surface area contributed by atoms with Crippen molar-refractivity contribution in [3.63, 3.8) is 0 Å². The number of fused-ring (bicyclic) bond motifs is 1. The molecule has 5 heteroatoms. The van der Waals surface area contributed by atoms with Crippen molar-refractivity contribution in [2.24, 2.45) is 7.05 Å². The fourth-order valence-electron chi connectivity index (χ4n) is 3.95. The fourth-order valence-corrected chi connectivity index (χ4v) is 3.95. The molecule has 0 fully saturated rings. The lowest BCUT2D eigenvalue weighted by Gasteiger charge is -2.07. The molecular weight excluding hydrogens is 350 g/mol. The van der Waals surface area contributed by atoms with Crippen LogP contribution < -0.4 is 0 Å². The van der Waals surface area contributed by atoms with Gasteiger partial charge in [0.25, 0.3) is 0 Å². The molecule has 4 aromatic rings. The molecule has 2 heterocycles. The number of rotatable bonds is 4. The van der Waals surface area contributed by atoms with Crippen LogP contribution in [-0.2, 0) is 13.5 Å². The van der Waals surface area contributed by atoms with E-state index in [4.69, 9.17) is 0 Å². The first-order chi connectivity index (χ1) is 13.6. The van der Waals surface area contributed by atoms with Crippen LogP contribution in [0.15, 0.2) is 54.7 Å². The number of carboxylic acids is 1. The molecule has 28 heavy (non-hydrogen) atoms. The largest absolute Gasteiger partial charge is 0.477 e. The summed E-state index contributed by atoms with van der Waals surface area (Å²) < 4.78 is 1.62. The molecular formula is C23H19N3O2. The molecule has 0 amide bonds. The number of aromatic amines is 1. The number of nitrogens with one attached hydrogen (secondary N) is 1. The minimum atomic E-state index is -1.03. The Morgan fingerprint density at radius 1 is 1.14 bits per heavy atom. The van der Waals surface area contributed by atoms with Crippen molar-refractivity contribution in [3.8, 4) is 28.3 Å². The highest BCUT2D eigenvalue weighted by molar-refractivity contribution is 5.98. The van der Waals surface area contributed by atoms with Crippen LogP contribution in [-0.4, -0.2) is 20.6 Å². The molecule has 138 valence electrons. The zero-order valence-electron chi connectivity index (χ0n) is 15.7. The van der Waals surface area contributed by atoms with E-state index >= 15 is 0 Å². The molecule has 0 saturated heterocycles. The van der Waals surface area contributed by atoms with Crippen molar-refractivity contribution in [2.75, 3.05) is 0 Å². The second-order valence-corrected chi connectivity index (χ2v) is 6.70. The van der Waals surface area contributed by atoms with Gasteiger partial charge < -0.3 is 14.7 Å². The van der Waals surface area contributed by atoms with E-state index in [-0.39, 0.29) is 5.69 Å². The average Bonchev–Trinajstić information content (AvgIpc) is 3.29. The fraction of sp³-hybridized carbons (Fsp3) is 0.130. The van der Waals surface area contributed by atoms with E-state index in [0.717, 1.165) is 33.3 Å². The van der Waals surface area contributed by atoms with Gasteiger partial charge in [0.15, 0.2) is 0 Å².